The van der Waals surface area contributed by atoms with Crippen molar-refractivity contribution in [3.05, 3.63) is 51.3 Å². The van der Waals surface area contributed by atoms with E-state index in [1.165, 1.54) is 17.5 Å². The van der Waals surface area contributed by atoms with E-state index in [-0.39, 0.29) is 5.82 Å². The zero-order chi connectivity index (χ0) is 14.9. The van der Waals surface area contributed by atoms with Gasteiger partial charge in [-0.05, 0) is 34.9 Å². The summed E-state index contributed by atoms with van der Waals surface area (Å²) in [6.07, 6.45) is 1.46. The predicted molar refractivity (Wildman–Crippen MR) is 77.9 cm³/mol. The van der Waals surface area contributed by atoms with Crippen LogP contribution in [0.2, 0.25) is 0 Å². The first-order valence-electron chi connectivity index (χ1n) is 6.33. The predicted octanol–water partition coefficient (Wildman–Crippen LogP) is 2.58. The fraction of sp³-hybridized carbons (Fsp3) is 0.357. The van der Waals surface area contributed by atoms with Crippen molar-refractivity contribution in [1.29, 1.82) is 0 Å². The maximum atomic E-state index is 11.0. The Bertz CT molecular complexity index is 649. The average Bonchev–Trinajstić information content (AvgIpc) is 2.75. The summed E-state index contributed by atoms with van der Waals surface area (Å²) in [6, 6.07) is 6.22. The lowest BCUT2D eigenvalue weighted by Gasteiger charge is -2.19. The summed E-state index contributed by atoms with van der Waals surface area (Å²) in [5, 5.41) is 11.0. The van der Waals surface area contributed by atoms with E-state index in [1.807, 2.05) is 31.9 Å². The molecule has 0 fully saturated rings. The van der Waals surface area contributed by atoms with Gasteiger partial charge in [0.15, 0.2) is 0 Å². The summed E-state index contributed by atoms with van der Waals surface area (Å²) >= 11 is 0. The molecule has 0 aliphatic carbocycles. The maximum Gasteiger partial charge on any atom is 0.406 e. The molecule has 0 spiro atoms. The molecule has 1 heterocycles. The summed E-state index contributed by atoms with van der Waals surface area (Å²) in [4.78, 5) is 16.2. The lowest BCUT2D eigenvalue weighted by molar-refractivity contribution is -0.388. The molecule has 2 aromatic rings. The van der Waals surface area contributed by atoms with E-state index in [2.05, 4.69) is 17.1 Å². The van der Waals surface area contributed by atoms with Gasteiger partial charge in [-0.25, -0.2) is 0 Å². The third-order valence-corrected chi connectivity index (χ3v) is 3.33. The molecular formula is C14H18N4O2. The molecule has 1 aromatic heterocycles. The van der Waals surface area contributed by atoms with Crippen molar-refractivity contribution in [1.82, 2.24) is 9.55 Å². The summed E-state index contributed by atoms with van der Waals surface area (Å²) in [7, 11) is 3.59. The van der Waals surface area contributed by atoms with Crippen LogP contribution in [0.15, 0.2) is 24.5 Å². The molecule has 0 aliphatic heterocycles. The second-order valence-corrected chi connectivity index (χ2v) is 5.05. The molecule has 0 radical (unpaired) electrons. The number of benzene rings is 1. The van der Waals surface area contributed by atoms with Gasteiger partial charge < -0.3 is 15.0 Å². The molecular weight excluding hydrogens is 256 g/mol. The molecule has 20 heavy (non-hydrogen) atoms. The van der Waals surface area contributed by atoms with E-state index in [4.69, 9.17) is 0 Å². The monoisotopic (exact) mass is 274 g/mol. The fourth-order valence-electron chi connectivity index (χ4n) is 2.33. The molecule has 6 heteroatoms. The van der Waals surface area contributed by atoms with Gasteiger partial charge >= 0.3 is 5.82 Å². The Morgan fingerprint density at radius 3 is 2.70 bits per heavy atom. The van der Waals surface area contributed by atoms with Crippen LogP contribution in [0.1, 0.15) is 16.7 Å². The summed E-state index contributed by atoms with van der Waals surface area (Å²) < 4.78 is 1.67. The lowest BCUT2D eigenvalue weighted by Crippen LogP contribution is -2.20. The minimum Gasteiger partial charge on any atom is -0.358 e. The SMILES string of the molecule is Cc1ccc(CN(C)c2c([N+](=O)[O-])ncn2C)c(C)c1. The van der Waals surface area contributed by atoms with Gasteiger partial charge in [-0.1, -0.05) is 23.8 Å². The Balaban J connectivity index is 2.30. The van der Waals surface area contributed by atoms with Gasteiger partial charge in [-0.2, -0.15) is 0 Å². The highest BCUT2D eigenvalue weighted by Gasteiger charge is 2.23. The molecule has 0 saturated heterocycles. The maximum absolute atomic E-state index is 11.0. The number of rotatable bonds is 4. The highest BCUT2D eigenvalue weighted by atomic mass is 16.6. The number of hydrogen-bond donors (Lipinski definition) is 0. The van der Waals surface area contributed by atoms with E-state index in [1.54, 1.807) is 11.6 Å². The quantitative estimate of drug-likeness (QED) is 0.635. The molecule has 0 atom stereocenters. The Hall–Kier alpha value is -2.37. The van der Waals surface area contributed by atoms with Gasteiger partial charge in [0.1, 0.15) is 0 Å². The van der Waals surface area contributed by atoms with Gasteiger partial charge in [-0.15, -0.1) is 0 Å². The van der Waals surface area contributed by atoms with Crippen LogP contribution < -0.4 is 4.90 Å². The summed E-state index contributed by atoms with van der Waals surface area (Å²) in [5.74, 6) is 0.398. The standard InChI is InChI=1S/C14H18N4O2/c1-10-5-6-12(11(2)7-10)8-16(3)14-13(18(19)20)15-9-17(14)4/h5-7,9H,8H2,1-4H3. The third kappa shape index (κ3) is 2.64. The van der Waals surface area contributed by atoms with Crippen LogP contribution in [0, 0.1) is 24.0 Å². The first kappa shape index (κ1) is 14.0. The Morgan fingerprint density at radius 2 is 2.10 bits per heavy atom. The largest absolute Gasteiger partial charge is 0.406 e. The molecule has 0 amide bonds. The third-order valence-electron chi connectivity index (χ3n) is 3.33. The van der Waals surface area contributed by atoms with E-state index in [9.17, 15) is 10.1 Å². The van der Waals surface area contributed by atoms with E-state index < -0.39 is 4.92 Å². The highest BCUT2D eigenvalue weighted by Crippen LogP contribution is 2.26. The molecule has 0 N–H and O–H groups in total. The molecule has 0 bridgehead atoms. The molecule has 2 rings (SSSR count). The van der Waals surface area contributed by atoms with Crippen molar-refractivity contribution in [2.24, 2.45) is 7.05 Å². The van der Waals surface area contributed by atoms with Crippen LogP contribution in [-0.2, 0) is 13.6 Å². The van der Waals surface area contributed by atoms with E-state index in [0.29, 0.717) is 12.4 Å². The second kappa shape index (κ2) is 5.32. The first-order chi connectivity index (χ1) is 9.40. The van der Waals surface area contributed by atoms with E-state index >= 15 is 0 Å². The van der Waals surface area contributed by atoms with Crippen molar-refractivity contribution in [2.75, 3.05) is 11.9 Å². The van der Waals surface area contributed by atoms with Gasteiger partial charge in [-0.3, -0.25) is 4.57 Å². The van der Waals surface area contributed by atoms with Gasteiger partial charge in [0.2, 0.25) is 12.1 Å². The minimum atomic E-state index is -0.451. The molecule has 0 aliphatic rings. The molecule has 0 saturated carbocycles. The number of nitrogens with zero attached hydrogens (tertiary/aromatic N) is 4. The number of imidazole rings is 1. The lowest BCUT2D eigenvalue weighted by atomic mass is 10.1. The normalized spacial score (nSPS) is 10.6. The number of aryl methyl sites for hydroxylation is 3. The van der Waals surface area contributed by atoms with Crippen LogP contribution in [0.3, 0.4) is 0 Å². The smallest absolute Gasteiger partial charge is 0.358 e. The fourth-order valence-corrected chi connectivity index (χ4v) is 2.33. The van der Waals surface area contributed by atoms with Gasteiger partial charge in [0, 0.05) is 20.6 Å². The average molecular weight is 274 g/mol. The van der Waals surface area contributed by atoms with Crippen LogP contribution in [0.25, 0.3) is 0 Å². The van der Waals surface area contributed by atoms with Gasteiger partial charge in [0.05, 0.1) is 0 Å². The van der Waals surface area contributed by atoms with Crippen molar-refractivity contribution >= 4 is 11.6 Å². The topological polar surface area (TPSA) is 64.2 Å². The highest BCUT2D eigenvalue weighted by molar-refractivity contribution is 5.54. The second-order valence-electron chi connectivity index (χ2n) is 5.05. The number of hydrogen-bond acceptors (Lipinski definition) is 4. The van der Waals surface area contributed by atoms with Crippen LogP contribution in [0.4, 0.5) is 11.6 Å². The van der Waals surface area contributed by atoms with Crippen LogP contribution in [-0.4, -0.2) is 21.5 Å². The Morgan fingerprint density at radius 1 is 1.40 bits per heavy atom. The number of aromatic nitrogens is 2. The molecule has 106 valence electrons. The summed E-state index contributed by atoms with van der Waals surface area (Å²) in [6.45, 7) is 4.70. The van der Waals surface area contributed by atoms with E-state index in [0.717, 1.165) is 5.56 Å². The Kier molecular flexibility index (Phi) is 3.74. The molecule has 0 unspecified atom stereocenters. The summed E-state index contributed by atoms with van der Waals surface area (Å²) in [5.41, 5.74) is 3.54. The minimum absolute atomic E-state index is 0.111. The van der Waals surface area contributed by atoms with Gasteiger partial charge in [0.25, 0.3) is 0 Å². The molecule has 1 aromatic carbocycles. The zero-order valence-corrected chi connectivity index (χ0v) is 12.1. The molecule has 6 nitrogen and oxygen atoms in total. The number of anilines is 1. The number of nitro groups is 1. The van der Waals surface area contributed by atoms with Crippen molar-refractivity contribution in [3.63, 3.8) is 0 Å². The van der Waals surface area contributed by atoms with Crippen molar-refractivity contribution in [3.8, 4) is 0 Å². The Labute approximate surface area is 117 Å². The zero-order valence-electron chi connectivity index (χ0n) is 12.1. The van der Waals surface area contributed by atoms with Crippen molar-refractivity contribution in [2.45, 2.75) is 20.4 Å². The van der Waals surface area contributed by atoms with Crippen LogP contribution in [0.5, 0.6) is 0 Å². The first-order valence-corrected chi connectivity index (χ1v) is 6.33. The van der Waals surface area contributed by atoms with Crippen molar-refractivity contribution < 1.29 is 4.92 Å². The van der Waals surface area contributed by atoms with Crippen LogP contribution >= 0.6 is 0 Å².